The lowest BCUT2D eigenvalue weighted by Gasteiger charge is -2.45. The third kappa shape index (κ3) is 3.48. The summed E-state index contributed by atoms with van der Waals surface area (Å²) < 4.78 is 11.7. The number of fused-ring (bicyclic) bond motifs is 1. The van der Waals surface area contributed by atoms with Gasteiger partial charge in [0, 0.05) is 25.4 Å². The number of benzene rings is 1. The second-order valence-corrected chi connectivity index (χ2v) is 8.83. The lowest BCUT2D eigenvalue weighted by atomic mass is 9.88. The molecule has 4 fully saturated rings. The number of ketones is 1. The molecule has 150 valence electrons. The number of rotatable bonds is 3. The fourth-order valence-electron chi connectivity index (χ4n) is 4.53. The third-order valence-corrected chi connectivity index (χ3v) is 6.71. The predicted octanol–water partition coefficient (Wildman–Crippen LogP) is 3.08. The van der Waals surface area contributed by atoms with Crippen LogP contribution in [0.15, 0.2) is 18.2 Å². The first kappa shape index (κ1) is 18.3. The molecule has 0 radical (unpaired) electrons. The Morgan fingerprint density at radius 3 is 2.75 bits per heavy atom. The van der Waals surface area contributed by atoms with Crippen LogP contribution in [0.1, 0.15) is 37.2 Å². The van der Waals surface area contributed by atoms with Crippen LogP contribution in [0.3, 0.4) is 0 Å². The summed E-state index contributed by atoms with van der Waals surface area (Å²) in [6.45, 7) is 2.66. The molecule has 1 saturated carbocycles. The second kappa shape index (κ2) is 7.23. The van der Waals surface area contributed by atoms with Crippen molar-refractivity contribution in [3.63, 3.8) is 0 Å². The summed E-state index contributed by atoms with van der Waals surface area (Å²) in [6, 6.07) is 6.01. The van der Waals surface area contributed by atoms with E-state index in [1.165, 1.54) is 18.4 Å². The van der Waals surface area contributed by atoms with Gasteiger partial charge in [0.1, 0.15) is 18.5 Å². The lowest BCUT2D eigenvalue weighted by Crippen LogP contribution is -2.61. The molecule has 2 amide bonds. The summed E-state index contributed by atoms with van der Waals surface area (Å²) in [5.41, 5.74) is 1.18. The number of likely N-dealkylation sites (tertiary alicyclic amines) is 2. The van der Waals surface area contributed by atoms with Crippen molar-refractivity contribution in [3.05, 3.63) is 28.8 Å². The number of carbonyl (C=O) groups excluding carboxylic acids is 2. The Hall–Kier alpha value is -1.79. The Morgan fingerprint density at radius 2 is 1.96 bits per heavy atom. The van der Waals surface area contributed by atoms with E-state index in [4.69, 9.17) is 21.1 Å². The van der Waals surface area contributed by atoms with Crippen LogP contribution in [-0.4, -0.2) is 66.6 Å². The van der Waals surface area contributed by atoms with E-state index in [1.807, 2.05) is 21.9 Å². The van der Waals surface area contributed by atoms with Crippen molar-refractivity contribution in [2.45, 2.75) is 43.8 Å². The van der Waals surface area contributed by atoms with E-state index in [0.29, 0.717) is 38.5 Å². The van der Waals surface area contributed by atoms with Crippen LogP contribution in [0, 0.1) is 5.92 Å². The van der Waals surface area contributed by atoms with E-state index in [-0.39, 0.29) is 36.5 Å². The number of nitrogens with zero attached hydrogens (tertiary/aromatic N) is 2. The first-order chi connectivity index (χ1) is 13.6. The highest BCUT2D eigenvalue weighted by molar-refractivity contribution is 6.33. The molecule has 3 heterocycles. The van der Waals surface area contributed by atoms with Crippen molar-refractivity contribution in [2.24, 2.45) is 5.92 Å². The van der Waals surface area contributed by atoms with Crippen molar-refractivity contribution < 1.29 is 19.1 Å². The number of urea groups is 1. The van der Waals surface area contributed by atoms with Crippen molar-refractivity contribution >= 4 is 23.4 Å². The van der Waals surface area contributed by atoms with Gasteiger partial charge in [0.05, 0.1) is 24.2 Å². The highest BCUT2D eigenvalue weighted by Gasteiger charge is 2.41. The molecule has 3 aliphatic heterocycles. The third-order valence-electron chi connectivity index (χ3n) is 6.31. The smallest absolute Gasteiger partial charge is 0.320 e. The summed E-state index contributed by atoms with van der Waals surface area (Å²) in [5.74, 6) is 1.57. The van der Waals surface area contributed by atoms with Gasteiger partial charge in [-0.15, -0.1) is 0 Å². The number of amides is 2. The average molecular weight is 405 g/mol. The van der Waals surface area contributed by atoms with Gasteiger partial charge in [-0.1, -0.05) is 23.7 Å². The molecule has 4 aliphatic rings. The zero-order valence-corrected chi connectivity index (χ0v) is 16.6. The fourth-order valence-corrected chi connectivity index (χ4v) is 4.85. The highest BCUT2D eigenvalue weighted by atomic mass is 35.5. The van der Waals surface area contributed by atoms with E-state index in [1.54, 1.807) is 0 Å². The number of hydrogen-bond acceptors (Lipinski definition) is 4. The Bertz CT molecular complexity index is 791. The van der Waals surface area contributed by atoms with E-state index >= 15 is 0 Å². The molecule has 7 heteroatoms. The number of halogens is 1. The van der Waals surface area contributed by atoms with E-state index < -0.39 is 0 Å². The number of Topliss-reactive ketones (excluding diaryl/α,β-unsaturated/α-hetero) is 1. The normalized spacial score (nSPS) is 28.0. The highest BCUT2D eigenvalue weighted by Crippen LogP contribution is 2.46. The maximum atomic E-state index is 12.8. The maximum absolute atomic E-state index is 12.8. The van der Waals surface area contributed by atoms with Gasteiger partial charge in [-0.05, 0) is 36.8 Å². The second-order valence-electron chi connectivity index (χ2n) is 8.45. The Labute approximate surface area is 169 Å². The van der Waals surface area contributed by atoms with Crippen LogP contribution in [0.25, 0.3) is 0 Å². The van der Waals surface area contributed by atoms with Gasteiger partial charge in [-0.25, -0.2) is 4.79 Å². The first-order valence-corrected chi connectivity index (χ1v) is 10.6. The van der Waals surface area contributed by atoms with Crippen molar-refractivity contribution in [1.82, 2.24) is 9.80 Å². The molecule has 0 spiro atoms. The topological polar surface area (TPSA) is 59.1 Å². The average Bonchev–Trinajstić information content (AvgIpc) is 3.49. The van der Waals surface area contributed by atoms with Gasteiger partial charge in [0.2, 0.25) is 0 Å². The molecule has 0 bridgehead atoms. The van der Waals surface area contributed by atoms with E-state index in [2.05, 4.69) is 6.07 Å². The standard InChI is InChI=1S/C21H25ClN2O4/c22-20-17(13-4-5-13)2-1-3-19(20)28-16-10-24(11-16)21(26)23-7-6-18-14(9-23)8-15(25)12-27-18/h1-3,13-14,16,18H,4-12H2/t14-,18+/m1/s1. The molecule has 6 nitrogen and oxygen atoms in total. The Balaban J connectivity index is 1.15. The molecule has 0 N–H and O–H groups in total. The van der Waals surface area contributed by atoms with Gasteiger partial charge >= 0.3 is 6.03 Å². The van der Waals surface area contributed by atoms with Crippen molar-refractivity contribution in [2.75, 3.05) is 32.8 Å². The zero-order chi connectivity index (χ0) is 19.3. The molecule has 1 aromatic rings. The van der Waals surface area contributed by atoms with Gasteiger partial charge in [-0.3, -0.25) is 4.79 Å². The summed E-state index contributed by atoms with van der Waals surface area (Å²) in [7, 11) is 0. The minimum absolute atomic E-state index is 0.0203. The molecule has 1 aliphatic carbocycles. The summed E-state index contributed by atoms with van der Waals surface area (Å²) in [5, 5.41) is 0.721. The number of ether oxygens (including phenoxy) is 2. The molecule has 28 heavy (non-hydrogen) atoms. The quantitative estimate of drug-likeness (QED) is 0.776. The Morgan fingerprint density at radius 1 is 1.14 bits per heavy atom. The first-order valence-electron chi connectivity index (χ1n) is 10.2. The molecular weight excluding hydrogens is 380 g/mol. The van der Waals surface area contributed by atoms with Gasteiger partial charge < -0.3 is 19.3 Å². The SMILES string of the molecule is O=C1CO[C@H]2CCN(C(=O)N3CC(Oc4cccc(C5CC5)c4Cl)C3)C[C@H]2C1. The van der Waals surface area contributed by atoms with Crippen LogP contribution in [-0.2, 0) is 9.53 Å². The van der Waals surface area contributed by atoms with E-state index in [0.717, 1.165) is 17.2 Å². The van der Waals surface area contributed by atoms with Gasteiger partial charge in [-0.2, -0.15) is 0 Å². The maximum Gasteiger partial charge on any atom is 0.320 e. The molecule has 0 unspecified atom stereocenters. The van der Waals surface area contributed by atoms with Crippen LogP contribution >= 0.6 is 11.6 Å². The van der Waals surface area contributed by atoms with Crippen LogP contribution in [0.4, 0.5) is 4.79 Å². The van der Waals surface area contributed by atoms with Crippen LogP contribution in [0.2, 0.25) is 5.02 Å². The molecule has 3 saturated heterocycles. The molecule has 1 aromatic carbocycles. The minimum atomic E-state index is -0.0203. The number of carbonyl (C=O) groups is 2. The monoisotopic (exact) mass is 404 g/mol. The molecular formula is C21H25ClN2O4. The largest absolute Gasteiger partial charge is 0.485 e. The molecule has 5 rings (SSSR count). The summed E-state index contributed by atoms with van der Waals surface area (Å²) in [6.07, 6.45) is 3.83. The minimum Gasteiger partial charge on any atom is -0.485 e. The van der Waals surface area contributed by atoms with Crippen molar-refractivity contribution in [3.8, 4) is 5.75 Å². The van der Waals surface area contributed by atoms with Gasteiger partial charge in [0.25, 0.3) is 0 Å². The van der Waals surface area contributed by atoms with Crippen LogP contribution in [0.5, 0.6) is 5.75 Å². The molecule has 2 atom stereocenters. The Kier molecular flexibility index (Phi) is 4.71. The van der Waals surface area contributed by atoms with Gasteiger partial charge in [0.15, 0.2) is 5.78 Å². The predicted molar refractivity (Wildman–Crippen MR) is 104 cm³/mol. The summed E-state index contributed by atoms with van der Waals surface area (Å²) >= 11 is 6.51. The lowest BCUT2D eigenvalue weighted by molar-refractivity contribution is -0.140. The van der Waals surface area contributed by atoms with Crippen molar-refractivity contribution in [1.29, 1.82) is 0 Å². The van der Waals surface area contributed by atoms with Crippen LogP contribution < -0.4 is 4.74 Å². The molecule has 0 aromatic heterocycles. The number of hydrogen-bond donors (Lipinski definition) is 0. The number of piperidine rings is 1. The fraction of sp³-hybridized carbons (Fsp3) is 0.619. The van der Waals surface area contributed by atoms with E-state index in [9.17, 15) is 9.59 Å². The zero-order valence-electron chi connectivity index (χ0n) is 15.8. The summed E-state index contributed by atoms with van der Waals surface area (Å²) in [4.78, 5) is 28.1.